The van der Waals surface area contributed by atoms with Crippen molar-refractivity contribution in [3.8, 4) is 0 Å². The molecule has 0 bridgehead atoms. The molecule has 2 atom stereocenters. The van der Waals surface area contributed by atoms with Gasteiger partial charge in [-0.2, -0.15) is 0 Å². The van der Waals surface area contributed by atoms with Crippen molar-refractivity contribution in [1.29, 1.82) is 0 Å². The SMILES string of the molecule is CCC(C)N1CCC(CCN)C1(C)C. The molecule has 1 aliphatic rings. The molecule has 0 radical (unpaired) electrons. The van der Waals surface area contributed by atoms with E-state index in [2.05, 4.69) is 32.6 Å². The number of nitrogens with zero attached hydrogens (tertiary/aromatic N) is 1. The number of hydrogen-bond acceptors (Lipinski definition) is 2. The number of likely N-dealkylation sites (tertiary alicyclic amines) is 1. The average Bonchev–Trinajstić information content (AvgIpc) is 2.42. The van der Waals surface area contributed by atoms with E-state index in [0.717, 1.165) is 12.5 Å². The van der Waals surface area contributed by atoms with Crippen molar-refractivity contribution in [1.82, 2.24) is 4.90 Å². The van der Waals surface area contributed by atoms with E-state index in [9.17, 15) is 0 Å². The molecule has 2 unspecified atom stereocenters. The van der Waals surface area contributed by atoms with Gasteiger partial charge in [-0.3, -0.25) is 4.90 Å². The van der Waals surface area contributed by atoms with Crippen molar-refractivity contribution in [3.63, 3.8) is 0 Å². The molecule has 84 valence electrons. The van der Waals surface area contributed by atoms with Crippen molar-refractivity contribution in [3.05, 3.63) is 0 Å². The van der Waals surface area contributed by atoms with E-state index in [-0.39, 0.29) is 0 Å². The van der Waals surface area contributed by atoms with Crippen LogP contribution in [0.25, 0.3) is 0 Å². The average molecular weight is 198 g/mol. The van der Waals surface area contributed by atoms with Crippen LogP contribution in [0.1, 0.15) is 47.0 Å². The first-order chi connectivity index (χ1) is 6.54. The maximum atomic E-state index is 5.66. The third kappa shape index (κ3) is 2.12. The minimum atomic E-state index is 0.356. The van der Waals surface area contributed by atoms with Gasteiger partial charge in [0.1, 0.15) is 0 Å². The highest BCUT2D eigenvalue weighted by Crippen LogP contribution is 2.38. The Morgan fingerprint density at radius 1 is 1.50 bits per heavy atom. The molecule has 2 nitrogen and oxygen atoms in total. The van der Waals surface area contributed by atoms with Crippen LogP contribution < -0.4 is 5.73 Å². The number of hydrogen-bond donors (Lipinski definition) is 1. The van der Waals surface area contributed by atoms with Crippen LogP contribution in [0.4, 0.5) is 0 Å². The predicted molar refractivity (Wildman–Crippen MR) is 62.3 cm³/mol. The Morgan fingerprint density at radius 2 is 2.14 bits per heavy atom. The lowest BCUT2D eigenvalue weighted by atomic mass is 9.85. The minimum Gasteiger partial charge on any atom is -0.330 e. The Bertz CT molecular complexity index is 177. The van der Waals surface area contributed by atoms with Crippen molar-refractivity contribution in [2.45, 2.75) is 58.5 Å². The van der Waals surface area contributed by atoms with Gasteiger partial charge in [0, 0.05) is 11.6 Å². The molecular formula is C12H26N2. The number of rotatable bonds is 4. The zero-order valence-electron chi connectivity index (χ0n) is 10.2. The van der Waals surface area contributed by atoms with Crippen LogP contribution in [-0.2, 0) is 0 Å². The molecule has 0 aromatic carbocycles. The third-order valence-corrected chi connectivity index (χ3v) is 4.10. The second-order valence-corrected chi connectivity index (χ2v) is 5.17. The van der Waals surface area contributed by atoms with Gasteiger partial charge < -0.3 is 5.73 Å². The van der Waals surface area contributed by atoms with E-state index >= 15 is 0 Å². The molecule has 1 rings (SSSR count). The first-order valence-electron chi connectivity index (χ1n) is 6.00. The second-order valence-electron chi connectivity index (χ2n) is 5.17. The first-order valence-corrected chi connectivity index (χ1v) is 6.00. The molecule has 0 aliphatic carbocycles. The van der Waals surface area contributed by atoms with Crippen LogP contribution in [0.3, 0.4) is 0 Å². The van der Waals surface area contributed by atoms with E-state index in [4.69, 9.17) is 5.73 Å². The summed E-state index contributed by atoms with van der Waals surface area (Å²) in [6.45, 7) is 11.5. The van der Waals surface area contributed by atoms with Gasteiger partial charge in [-0.05, 0) is 59.0 Å². The Balaban J connectivity index is 2.65. The normalized spacial score (nSPS) is 29.4. The Morgan fingerprint density at radius 3 is 2.64 bits per heavy atom. The molecular weight excluding hydrogens is 172 g/mol. The molecule has 0 aromatic rings. The summed E-state index contributed by atoms with van der Waals surface area (Å²) in [5.74, 6) is 0.793. The molecule has 2 N–H and O–H groups in total. The molecule has 14 heavy (non-hydrogen) atoms. The van der Waals surface area contributed by atoms with E-state index in [1.54, 1.807) is 0 Å². The zero-order chi connectivity index (χ0) is 10.8. The van der Waals surface area contributed by atoms with Gasteiger partial charge in [0.25, 0.3) is 0 Å². The summed E-state index contributed by atoms with van der Waals surface area (Å²) in [6, 6.07) is 0.716. The van der Waals surface area contributed by atoms with Crippen molar-refractivity contribution < 1.29 is 0 Å². The van der Waals surface area contributed by atoms with Gasteiger partial charge in [-0.25, -0.2) is 0 Å². The fourth-order valence-corrected chi connectivity index (χ4v) is 2.88. The van der Waals surface area contributed by atoms with E-state index < -0.39 is 0 Å². The lowest BCUT2D eigenvalue weighted by Gasteiger charge is -2.39. The molecule has 0 amide bonds. The lowest BCUT2D eigenvalue weighted by Crippen LogP contribution is -2.47. The van der Waals surface area contributed by atoms with Crippen molar-refractivity contribution >= 4 is 0 Å². The third-order valence-electron chi connectivity index (χ3n) is 4.10. The fraction of sp³-hybridized carbons (Fsp3) is 1.00. The summed E-state index contributed by atoms with van der Waals surface area (Å²) in [5.41, 5.74) is 6.02. The minimum absolute atomic E-state index is 0.356. The standard InChI is InChI=1S/C12H26N2/c1-5-10(2)14-9-7-11(6-8-13)12(14,3)4/h10-11H,5-9,13H2,1-4H3. The highest BCUT2D eigenvalue weighted by atomic mass is 15.2. The van der Waals surface area contributed by atoms with E-state index in [0.29, 0.717) is 11.6 Å². The van der Waals surface area contributed by atoms with E-state index in [1.807, 2.05) is 0 Å². The summed E-state index contributed by atoms with van der Waals surface area (Å²) in [4.78, 5) is 2.66. The number of nitrogens with two attached hydrogens (primary N) is 1. The smallest absolute Gasteiger partial charge is 0.0185 e. The Labute approximate surface area is 88.8 Å². The van der Waals surface area contributed by atoms with Crippen molar-refractivity contribution in [2.24, 2.45) is 11.7 Å². The molecule has 1 fully saturated rings. The van der Waals surface area contributed by atoms with Crippen LogP contribution in [0, 0.1) is 5.92 Å². The van der Waals surface area contributed by atoms with Crippen LogP contribution in [-0.4, -0.2) is 29.6 Å². The van der Waals surface area contributed by atoms with Gasteiger partial charge in [0.05, 0.1) is 0 Å². The zero-order valence-corrected chi connectivity index (χ0v) is 10.2. The summed E-state index contributed by atoms with van der Waals surface area (Å²) >= 11 is 0. The quantitative estimate of drug-likeness (QED) is 0.750. The maximum absolute atomic E-state index is 5.66. The maximum Gasteiger partial charge on any atom is 0.0185 e. The fourth-order valence-electron chi connectivity index (χ4n) is 2.88. The van der Waals surface area contributed by atoms with Crippen LogP contribution in [0.5, 0.6) is 0 Å². The molecule has 1 aliphatic heterocycles. The monoisotopic (exact) mass is 198 g/mol. The molecule has 0 saturated carbocycles. The van der Waals surface area contributed by atoms with Gasteiger partial charge in [0.2, 0.25) is 0 Å². The summed E-state index contributed by atoms with van der Waals surface area (Å²) in [7, 11) is 0. The van der Waals surface area contributed by atoms with E-state index in [1.165, 1.54) is 25.8 Å². The highest BCUT2D eigenvalue weighted by molar-refractivity contribution is 4.96. The van der Waals surface area contributed by atoms with Crippen molar-refractivity contribution in [2.75, 3.05) is 13.1 Å². The van der Waals surface area contributed by atoms with Crippen LogP contribution >= 0.6 is 0 Å². The van der Waals surface area contributed by atoms with Crippen LogP contribution in [0.15, 0.2) is 0 Å². The second kappa shape index (κ2) is 4.63. The topological polar surface area (TPSA) is 29.3 Å². The largest absolute Gasteiger partial charge is 0.330 e. The highest BCUT2D eigenvalue weighted by Gasteiger charge is 2.41. The molecule has 2 heteroatoms. The summed E-state index contributed by atoms with van der Waals surface area (Å²) in [6.07, 6.45) is 3.76. The summed E-state index contributed by atoms with van der Waals surface area (Å²) in [5, 5.41) is 0. The molecule has 0 aromatic heterocycles. The molecule has 1 heterocycles. The lowest BCUT2D eigenvalue weighted by molar-refractivity contribution is 0.0921. The van der Waals surface area contributed by atoms with Gasteiger partial charge in [-0.15, -0.1) is 0 Å². The first kappa shape index (κ1) is 12.0. The van der Waals surface area contributed by atoms with Gasteiger partial charge >= 0.3 is 0 Å². The summed E-state index contributed by atoms with van der Waals surface area (Å²) < 4.78 is 0. The Hall–Kier alpha value is -0.0800. The molecule has 1 saturated heterocycles. The predicted octanol–water partition coefficient (Wildman–Crippen LogP) is 2.23. The van der Waals surface area contributed by atoms with Gasteiger partial charge in [-0.1, -0.05) is 6.92 Å². The molecule has 0 spiro atoms. The van der Waals surface area contributed by atoms with Gasteiger partial charge in [0.15, 0.2) is 0 Å². The van der Waals surface area contributed by atoms with Crippen LogP contribution in [0.2, 0.25) is 0 Å². The Kier molecular flexibility index (Phi) is 3.96.